The minimum absolute atomic E-state index is 0.0204. The smallest absolute Gasteiger partial charge is 0.228 e. The molecule has 0 aliphatic rings. The van der Waals surface area contributed by atoms with Crippen molar-refractivity contribution in [2.24, 2.45) is 0 Å². The molecule has 2 amide bonds. The lowest BCUT2D eigenvalue weighted by Gasteiger charge is -2.27. The first-order valence-corrected chi connectivity index (χ1v) is 9.18. The molecule has 0 heterocycles. The number of anilines is 2. The lowest BCUT2D eigenvalue weighted by Crippen LogP contribution is -2.36. The van der Waals surface area contributed by atoms with E-state index in [-0.39, 0.29) is 18.2 Å². The molecule has 2 aromatic carbocycles. The lowest BCUT2D eigenvalue weighted by atomic mass is 10.00. The maximum Gasteiger partial charge on any atom is 0.228 e. The van der Waals surface area contributed by atoms with E-state index in [1.54, 1.807) is 16.7 Å². The summed E-state index contributed by atoms with van der Waals surface area (Å²) in [5.41, 5.74) is 2.90. The molecule has 0 radical (unpaired) electrons. The Kier molecular flexibility index (Phi) is 6.96. The number of carbonyl (C=O) groups excluding carboxylic acids is 2. The molecule has 0 unspecified atom stereocenters. The summed E-state index contributed by atoms with van der Waals surface area (Å²) in [6, 6.07) is 17.5. The van der Waals surface area contributed by atoms with Crippen LogP contribution in [0.1, 0.15) is 45.6 Å². The number of rotatable bonds is 7. The highest BCUT2D eigenvalue weighted by Crippen LogP contribution is 2.27. The molecule has 0 bridgehead atoms. The molecule has 0 saturated heterocycles. The number of carbonyl (C=O) groups is 2. The monoisotopic (exact) mass is 352 g/mol. The van der Waals surface area contributed by atoms with Gasteiger partial charge in [-0.3, -0.25) is 9.59 Å². The minimum Gasteiger partial charge on any atom is -0.313 e. The van der Waals surface area contributed by atoms with E-state index in [1.165, 1.54) is 0 Å². The van der Waals surface area contributed by atoms with E-state index >= 15 is 0 Å². The second-order valence-corrected chi connectivity index (χ2v) is 6.61. The third-order valence-corrected chi connectivity index (χ3v) is 4.46. The molecule has 0 N–H and O–H groups in total. The lowest BCUT2D eigenvalue weighted by molar-refractivity contribution is -0.118. The van der Waals surface area contributed by atoms with Crippen LogP contribution in [-0.4, -0.2) is 24.9 Å². The molecule has 0 saturated carbocycles. The zero-order chi connectivity index (χ0) is 19.1. The molecular formula is C22H28N2O2. The Hall–Kier alpha value is -2.62. The molecule has 2 aromatic rings. The van der Waals surface area contributed by atoms with Gasteiger partial charge in [-0.15, -0.1) is 0 Å². The second kappa shape index (κ2) is 9.18. The summed E-state index contributed by atoms with van der Waals surface area (Å²) >= 11 is 0. The van der Waals surface area contributed by atoms with Gasteiger partial charge in [0.05, 0.1) is 0 Å². The summed E-state index contributed by atoms with van der Waals surface area (Å²) in [5.74, 6) is 0.279. The molecule has 0 aromatic heterocycles. The van der Waals surface area contributed by atoms with Gasteiger partial charge in [0.25, 0.3) is 0 Å². The number of hydrogen-bond donors (Lipinski definition) is 0. The van der Waals surface area contributed by atoms with Crippen molar-refractivity contribution < 1.29 is 9.59 Å². The summed E-state index contributed by atoms with van der Waals surface area (Å²) in [7, 11) is 0. The Morgan fingerprint density at radius 3 is 2.12 bits per heavy atom. The van der Waals surface area contributed by atoms with E-state index in [4.69, 9.17) is 0 Å². The Bertz CT molecular complexity index is 741. The Balaban J connectivity index is 2.17. The number of hydrogen-bond acceptors (Lipinski definition) is 2. The normalized spacial score (nSPS) is 10.7. The minimum atomic E-state index is -0.0475. The molecule has 26 heavy (non-hydrogen) atoms. The van der Waals surface area contributed by atoms with Crippen molar-refractivity contribution in [1.29, 1.82) is 0 Å². The van der Waals surface area contributed by atoms with Crippen molar-refractivity contribution in [3.8, 4) is 0 Å². The van der Waals surface area contributed by atoms with Gasteiger partial charge in [0.1, 0.15) is 0 Å². The third kappa shape index (κ3) is 4.72. The fraction of sp³-hybridized carbons (Fsp3) is 0.364. The van der Waals surface area contributed by atoms with E-state index in [0.717, 1.165) is 16.9 Å². The SMILES string of the molecule is CCN(C(=O)CCN(C(C)=O)c1ccccc1C(C)C)c1ccccc1. The quantitative estimate of drug-likeness (QED) is 0.730. The highest BCUT2D eigenvalue weighted by atomic mass is 16.2. The predicted octanol–water partition coefficient (Wildman–Crippen LogP) is 4.61. The van der Waals surface area contributed by atoms with Crippen LogP contribution in [0, 0.1) is 0 Å². The molecule has 0 atom stereocenters. The van der Waals surface area contributed by atoms with Crippen molar-refractivity contribution in [3.63, 3.8) is 0 Å². The van der Waals surface area contributed by atoms with Gasteiger partial charge in [-0.05, 0) is 36.6 Å². The maximum atomic E-state index is 12.7. The first-order chi connectivity index (χ1) is 12.5. The van der Waals surface area contributed by atoms with Crippen LogP contribution < -0.4 is 9.80 Å². The van der Waals surface area contributed by atoms with Crippen molar-refractivity contribution in [3.05, 3.63) is 60.2 Å². The topological polar surface area (TPSA) is 40.6 Å². The molecule has 138 valence electrons. The number of nitrogens with zero attached hydrogens (tertiary/aromatic N) is 2. The van der Waals surface area contributed by atoms with Gasteiger partial charge in [0, 0.05) is 37.8 Å². The summed E-state index contributed by atoms with van der Waals surface area (Å²) in [5, 5.41) is 0. The van der Waals surface area contributed by atoms with Crippen LogP contribution in [0.25, 0.3) is 0 Å². The van der Waals surface area contributed by atoms with E-state index in [0.29, 0.717) is 19.0 Å². The van der Waals surface area contributed by atoms with Gasteiger partial charge >= 0.3 is 0 Å². The molecule has 0 spiro atoms. The third-order valence-electron chi connectivity index (χ3n) is 4.46. The van der Waals surface area contributed by atoms with E-state index in [9.17, 15) is 9.59 Å². The van der Waals surface area contributed by atoms with Crippen molar-refractivity contribution >= 4 is 23.2 Å². The average molecular weight is 352 g/mol. The summed E-state index contributed by atoms with van der Waals surface area (Å²) < 4.78 is 0. The van der Waals surface area contributed by atoms with Gasteiger partial charge < -0.3 is 9.80 Å². The van der Waals surface area contributed by atoms with Crippen LogP contribution in [0.15, 0.2) is 54.6 Å². The van der Waals surface area contributed by atoms with Crippen LogP contribution in [0.3, 0.4) is 0 Å². The Morgan fingerprint density at radius 1 is 0.923 bits per heavy atom. The number of amides is 2. The summed E-state index contributed by atoms with van der Waals surface area (Å²) in [4.78, 5) is 28.5. The van der Waals surface area contributed by atoms with Gasteiger partial charge in [0.15, 0.2) is 0 Å². The Labute approximate surface area is 156 Å². The van der Waals surface area contributed by atoms with Crippen molar-refractivity contribution in [2.75, 3.05) is 22.9 Å². The van der Waals surface area contributed by atoms with Crippen LogP contribution >= 0.6 is 0 Å². The van der Waals surface area contributed by atoms with Gasteiger partial charge in [-0.25, -0.2) is 0 Å². The largest absolute Gasteiger partial charge is 0.313 e. The van der Waals surface area contributed by atoms with Crippen LogP contribution in [0.4, 0.5) is 11.4 Å². The van der Waals surface area contributed by atoms with Gasteiger partial charge in [-0.1, -0.05) is 50.2 Å². The van der Waals surface area contributed by atoms with E-state index < -0.39 is 0 Å². The van der Waals surface area contributed by atoms with E-state index in [1.807, 2.05) is 61.5 Å². The summed E-state index contributed by atoms with van der Waals surface area (Å²) in [6.45, 7) is 8.71. The fourth-order valence-corrected chi connectivity index (χ4v) is 3.12. The molecule has 0 aliphatic carbocycles. The molecule has 4 heteroatoms. The number of para-hydroxylation sites is 2. The first-order valence-electron chi connectivity index (χ1n) is 9.18. The molecule has 2 rings (SSSR count). The zero-order valence-corrected chi connectivity index (χ0v) is 16.1. The number of benzene rings is 2. The maximum absolute atomic E-state index is 12.7. The molecular weight excluding hydrogens is 324 g/mol. The first kappa shape index (κ1) is 19.7. The average Bonchev–Trinajstić information content (AvgIpc) is 2.63. The summed E-state index contributed by atoms with van der Waals surface area (Å²) in [6.07, 6.45) is 0.286. The molecule has 4 nitrogen and oxygen atoms in total. The van der Waals surface area contributed by atoms with E-state index in [2.05, 4.69) is 13.8 Å². The van der Waals surface area contributed by atoms with Crippen LogP contribution in [-0.2, 0) is 9.59 Å². The highest BCUT2D eigenvalue weighted by molar-refractivity contribution is 5.96. The van der Waals surface area contributed by atoms with Crippen LogP contribution in [0.2, 0.25) is 0 Å². The zero-order valence-electron chi connectivity index (χ0n) is 16.1. The highest BCUT2D eigenvalue weighted by Gasteiger charge is 2.20. The molecule has 0 aliphatic heterocycles. The Morgan fingerprint density at radius 2 is 1.54 bits per heavy atom. The predicted molar refractivity (Wildman–Crippen MR) is 108 cm³/mol. The van der Waals surface area contributed by atoms with Gasteiger partial charge in [-0.2, -0.15) is 0 Å². The second-order valence-electron chi connectivity index (χ2n) is 6.61. The van der Waals surface area contributed by atoms with Gasteiger partial charge in [0.2, 0.25) is 11.8 Å². The fourth-order valence-electron chi connectivity index (χ4n) is 3.12. The standard InChI is InChI=1S/C22H28N2O2/c1-5-23(19-11-7-6-8-12-19)22(26)15-16-24(18(4)25)21-14-10-9-13-20(21)17(2)3/h6-14,17H,5,15-16H2,1-4H3. The van der Waals surface area contributed by atoms with Crippen LogP contribution in [0.5, 0.6) is 0 Å². The van der Waals surface area contributed by atoms with Crippen molar-refractivity contribution in [1.82, 2.24) is 0 Å². The molecule has 0 fully saturated rings. The van der Waals surface area contributed by atoms with Crippen molar-refractivity contribution in [2.45, 2.75) is 40.0 Å².